The number of aromatic carboxylic acids is 2. The molecule has 2 saturated heterocycles. The lowest BCUT2D eigenvalue weighted by atomic mass is 10.1. The summed E-state index contributed by atoms with van der Waals surface area (Å²) in [5.41, 5.74) is -1.10. The van der Waals surface area contributed by atoms with Crippen LogP contribution in [-0.2, 0) is 9.59 Å². The van der Waals surface area contributed by atoms with Gasteiger partial charge in [-0.2, -0.15) is 0 Å². The summed E-state index contributed by atoms with van der Waals surface area (Å²) >= 11 is 0. The van der Waals surface area contributed by atoms with Gasteiger partial charge < -0.3 is 54.3 Å². The second-order valence-electron chi connectivity index (χ2n) is 15.2. The minimum absolute atomic E-state index is 0. The summed E-state index contributed by atoms with van der Waals surface area (Å²) in [6, 6.07) is 2.24. The van der Waals surface area contributed by atoms with Crippen molar-refractivity contribution in [3.63, 3.8) is 0 Å². The van der Waals surface area contributed by atoms with Gasteiger partial charge in [0.15, 0.2) is 23.1 Å². The van der Waals surface area contributed by atoms with Crippen LogP contribution in [0.2, 0.25) is 0 Å². The Morgan fingerprint density at radius 3 is 1.20 bits per heavy atom. The van der Waals surface area contributed by atoms with Crippen LogP contribution >= 0.6 is 0 Å². The zero-order valence-corrected chi connectivity index (χ0v) is 33.4. The van der Waals surface area contributed by atoms with Crippen LogP contribution in [-0.4, -0.2) is 148 Å². The maximum atomic E-state index is 15.2. The molecule has 4 fully saturated rings. The Hall–Kier alpha value is -6.32. The third-order valence-electron chi connectivity index (χ3n) is 11.2. The van der Waals surface area contributed by atoms with Crippen molar-refractivity contribution in [2.24, 2.45) is 0 Å². The van der Waals surface area contributed by atoms with Crippen molar-refractivity contribution in [1.82, 2.24) is 18.9 Å². The fourth-order valence-electron chi connectivity index (χ4n) is 8.09. The van der Waals surface area contributed by atoms with Crippen LogP contribution < -0.4 is 30.1 Å². The van der Waals surface area contributed by atoms with Gasteiger partial charge in [-0.3, -0.25) is 29.0 Å². The number of hydrogen-bond donors (Lipinski definition) is 4. The summed E-state index contributed by atoms with van der Waals surface area (Å²) in [5, 5.41) is 36.7. The number of halogens is 2. The first-order valence-electron chi connectivity index (χ1n) is 19.4. The van der Waals surface area contributed by atoms with Crippen LogP contribution in [0.15, 0.2) is 34.1 Å². The largest absolute Gasteiger partial charge is 0.492 e. The molecule has 0 unspecified atom stereocenters. The van der Waals surface area contributed by atoms with Gasteiger partial charge in [0.2, 0.25) is 10.9 Å². The molecule has 8 rings (SSSR count). The van der Waals surface area contributed by atoms with Gasteiger partial charge in [0.1, 0.15) is 22.5 Å². The van der Waals surface area contributed by atoms with Crippen molar-refractivity contribution in [3.05, 3.63) is 67.7 Å². The Morgan fingerprint density at radius 2 is 0.934 bits per heavy atom. The second kappa shape index (κ2) is 17.7. The lowest BCUT2D eigenvalue weighted by Crippen LogP contribution is -2.48. The van der Waals surface area contributed by atoms with Gasteiger partial charge >= 0.3 is 23.9 Å². The predicted molar refractivity (Wildman–Crippen MR) is 216 cm³/mol. The highest BCUT2D eigenvalue weighted by Crippen LogP contribution is 2.45. The zero-order valence-electron chi connectivity index (χ0n) is 33.4. The Bertz CT molecular complexity index is 2350. The average Bonchev–Trinajstić information content (AvgIpc) is 4.14. The Balaban J connectivity index is 0.000000201. The third kappa shape index (κ3) is 8.79. The van der Waals surface area contributed by atoms with Crippen molar-refractivity contribution in [2.45, 2.75) is 37.8 Å². The smallest absolute Gasteiger partial charge is 0.341 e. The van der Waals surface area contributed by atoms with Crippen LogP contribution in [0.3, 0.4) is 0 Å². The molecule has 61 heavy (non-hydrogen) atoms. The maximum absolute atomic E-state index is 15.2. The van der Waals surface area contributed by atoms with Crippen molar-refractivity contribution in [1.29, 1.82) is 0 Å². The number of aromatic nitrogens is 2. The highest BCUT2D eigenvalue weighted by Gasteiger charge is 2.34. The van der Waals surface area contributed by atoms with E-state index in [0.717, 1.165) is 37.8 Å². The number of methoxy groups -OCH3 is 2. The summed E-state index contributed by atoms with van der Waals surface area (Å²) in [5.74, 6) is -5.50. The van der Waals surface area contributed by atoms with Gasteiger partial charge in [0, 0.05) is 76.8 Å². The number of hydrogen-bond acceptors (Lipinski definition) is 12. The molecular formula is C40H46F2N6O13. The number of ether oxygens (including phenoxy) is 2. The third-order valence-corrected chi connectivity index (χ3v) is 11.2. The number of carboxylic acid groups (broad SMARTS) is 4. The lowest BCUT2D eigenvalue weighted by molar-refractivity contribution is -0.139. The highest BCUT2D eigenvalue weighted by molar-refractivity contribution is 5.98. The van der Waals surface area contributed by atoms with Gasteiger partial charge in [0.05, 0.1) is 49.1 Å². The molecule has 0 radical (unpaired) electrons. The molecule has 4 aliphatic rings. The summed E-state index contributed by atoms with van der Waals surface area (Å²) < 4.78 is 44.9. The molecule has 19 nitrogen and oxygen atoms in total. The van der Waals surface area contributed by atoms with Crippen molar-refractivity contribution >= 4 is 57.1 Å². The minimum Gasteiger partial charge on any atom is -0.492 e. The number of fused-ring (bicyclic) bond motifs is 2. The van der Waals surface area contributed by atoms with Crippen LogP contribution in [0.5, 0.6) is 11.5 Å². The van der Waals surface area contributed by atoms with Gasteiger partial charge in [-0.25, -0.2) is 18.4 Å². The molecule has 328 valence electrons. The van der Waals surface area contributed by atoms with Gasteiger partial charge in [-0.05, 0) is 37.8 Å². The van der Waals surface area contributed by atoms with Gasteiger partial charge in [-0.15, -0.1) is 0 Å². The number of piperazine rings is 2. The standard InChI is InChI=1S/2C20H22FN3O6.H2O/c2*1-30-19-16-12(18(27)13(20(28)29)9-24(16)11-2-3-11)8-14(21)17(19)23-6-4-22(5-7-23)10-15(25)26;/h2*8-9,11H,2-7,10H2,1H3,(H,25,26)(H,28,29);1H2. The SMILES string of the molecule is COc1c(N2CCN(CC(=O)O)CC2)c(F)cc2c(=O)c(C(=O)O)cn(C3CC3)c12.COc1c(N2CCN(CC(=O)O)CC2)c(F)cc2c(=O)c(C(=O)O)cn(C3CC3)c12.O. The summed E-state index contributed by atoms with van der Waals surface area (Å²) in [4.78, 5) is 77.4. The quantitative estimate of drug-likeness (QED) is 0.159. The number of benzene rings is 2. The van der Waals surface area contributed by atoms with Crippen molar-refractivity contribution in [2.75, 3.05) is 89.5 Å². The van der Waals surface area contributed by atoms with Crippen LogP contribution in [0.4, 0.5) is 20.2 Å². The van der Waals surface area contributed by atoms with Gasteiger partial charge in [-0.1, -0.05) is 0 Å². The average molecular weight is 857 g/mol. The minimum atomic E-state index is -1.35. The lowest BCUT2D eigenvalue weighted by Gasteiger charge is -2.36. The highest BCUT2D eigenvalue weighted by atomic mass is 19.1. The summed E-state index contributed by atoms with van der Waals surface area (Å²) in [6.45, 7) is 3.20. The van der Waals surface area contributed by atoms with Crippen LogP contribution in [0, 0.1) is 11.6 Å². The Kier molecular flexibility index (Phi) is 12.9. The molecule has 0 amide bonds. The van der Waals surface area contributed by atoms with Crippen LogP contribution in [0.1, 0.15) is 58.5 Å². The normalized spacial score (nSPS) is 17.0. The number of carbonyl (C=O) groups is 4. The molecule has 0 atom stereocenters. The molecule has 2 aromatic carbocycles. The Morgan fingerprint density at radius 1 is 0.607 bits per heavy atom. The van der Waals surface area contributed by atoms with Gasteiger partial charge in [0.25, 0.3) is 0 Å². The summed E-state index contributed by atoms with van der Waals surface area (Å²) in [7, 11) is 2.79. The van der Waals surface area contributed by atoms with E-state index in [2.05, 4.69) is 0 Å². The Labute approximate surface area is 345 Å². The van der Waals surface area contributed by atoms with E-state index in [1.807, 2.05) is 0 Å². The fourth-order valence-corrected chi connectivity index (χ4v) is 8.09. The van der Waals surface area contributed by atoms with E-state index in [9.17, 15) is 39.0 Å². The number of nitrogens with zero attached hydrogens (tertiary/aromatic N) is 6. The molecule has 21 heteroatoms. The molecule has 2 aliphatic carbocycles. The first-order chi connectivity index (χ1) is 28.6. The number of anilines is 2. The monoisotopic (exact) mass is 856 g/mol. The molecule has 4 aromatic rings. The molecular weight excluding hydrogens is 810 g/mol. The maximum Gasteiger partial charge on any atom is 0.341 e. The van der Waals surface area contributed by atoms with E-state index in [4.69, 9.17) is 19.7 Å². The van der Waals surface area contributed by atoms with E-state index < -0.39 is 57.5 Å². The topological polar surface area (TPSA) is 256 Å². The van der Waals surface area contributed by atoms with E-state index in [1.54, 1.807) is 28.7 Å². The predicted octanol–water partition coefficient (Wildman–Crippen LogP) is 1.95. The van der Waals surface area contributed by atoms with E-state index in [0.29, 0.717) is 63.4 Å². The first kappa shape index (κ1) is 44.2. The molecule has 2 saturated carbocycles. The number of aliphatic carboxylic acids is 2. The van der Waals surface area contributed by atoms with E-state index in [1.165, 1.54) is 26.6 Å². The number of rotatable bonds is 12. The molecule has 6 N–H and O–H groups in total. The van der Waals surface area contributed by atoms with Crippen molar-refractivity contribution in [3.8, 4) is 11.5 Å². The van der Waals surface area contributed by atoms with E-state index in [-0.39, 0.29) is 64.3 Å². The van der Waals surface area contributed by atoms with Crippen LogP contribution in [0.25, 0.3) is 21.8 Å². The first-order valence-corrected chi connectivity index (χ1v) is 19.4. The molecule has 2 aliphatic heterocycles. The number of pyridine rings is 2. The van der Waals surface area contributed by atoms with Crippen molar-refractivity contribution < 1.29 is 63.3 Å². The molecule has 2 aromatic heterocycles. The van der Waals surface area contributed by atoms with E-state index >= 15 is 8.78 Å². The summed E-state index contributed by atoms with van der Waals surface area (Å²) in [6.07, 6.45) is 5.97. The second-order valence-corrected chi connectivity index (χ2v) is 15.2. The fraction of sp³-hybridized carbons (Fsp3) is 0.450. The molecule has 0 spiro atoms. The zero-order chi connectivity index (χ0) is 43.2. The molecule has 0 bridgehead atoms. The molecule has 4 heterocycles. The number of carboxylic acids is 4.